The van der Waals surface area contributed by atoms with Crippen molar-refractivity contribution in [2.24, 2.45) is 0 Å². The molecular weight excluding hydrogens is 386 g/mol. The second kappa shape index (κ2) is 8.36. The Morgan fingerprint density at radius 2 is 1.83 bits per heavy atom. The zero-order chi connectivity index (χ0) is 21.4. The number of hydrogen-bond donors (Lipinski definition) is 0. The van der Waals surface area contributed by atoms with Gasteiger partial charge in [0.05, 0.1) is 6.26 Å². The molecule has 3 rings (SSSR count). The number of nitrogens with zero attached hydrogens (tertiary/aromatic N) is 3. The monoisotopic (exact) mass is 421 g/mol. The molecule has 0 radical (unpaired) electrons. The van der Waals surface area contributed by atoms with Gasteiger partial charge in [0, 0.05) is 37.3 Å². The van der Waals surface area contributed by atoms with Crippen LogP contribution in [0, 0.1) is 0 Å². The predicted octanol–water partition coefficient (Wildman–Crippen LogP) is 2.84. The van der Waals surface area contributed by atoms with Gasteiger partial charge in [0.25, 0.3) is 0 Å². The van der Waals surface area contributed by atoms with Gasteiger partial charge < -0.3 is 9.80 Å². The summed E-state index contributed by atoms with van der Waals surface area (Å²) in [6.07, 6.45) is 4.93. The van der Waals surface area contributed by atoms with Gasteiger partial charge in [-0.2, -0.15) is 4.31 Å². The van der Waals surface area contributed by atoms with Gasteiger partial charge in [0.15, 0.2) is 0 Å². The van der Waals surface area contributed by atoms with Crippen LogP contribution in [-0.4, -0.2) is 68.6 Å². The predicted molar refractivity (Wildman–Crippen MR) is 118 cm³/mol. The molecule has 1 saturated carbocycles. The van der Waals surface area contributed by atoms with Crippen molar-refractivity contribution in [1.82, 2.24) is 9.21 Å². The number of anilines is 1. The van der Waals surface area contributed by atoms with Crippen LogP contribution in [0.1, 0.15) is 52.0 Å². The Hall–Kier alpha value is -1.44. The first kappa shape index (κ1) is 22.2. The number of carbonyl (C=O) groups excluding carboxylic acids is 1. The van der Waals surface area contributed by atoms with Gasteiger partial charge in [0.2, 0.25) is 15.9 Å². The summed E-state index contributed by atoms with van der Waals surface area (Å²) in [5.74, 6) is -0.130. The lowest BCUT2D eigenvalue weighted by Gasteiger charge is -2.36. The Bertz CT molecular complexity index is 831. The van der Waals surface area contributed by atoms with Crippen LogP contribution in [-0.2, 0) is 20.2 Å². The van der Waals surface area contributed by atoms with Gasteiger partial charge in [-0.15, -0.1) is 0 Å². The molecule has 1 aliphatic carbocycles. The van der Waals surface area contributed by atoms with E-state index < -0.39 is 16.1 Å². The number of benzene rings is 1. The zero-order valence-corrected chi connectivity index (χ0v) is 19.2. The summed E-state index contributed by atoms with van der Waals surface area (Å²) in [6.45, 7) is 9.46. The molecule has 29 heavy (non-hydrogen) atoms. The maximum absolute atomic E-state index is 13.0. The Labute approximate surface area is 175 Å². The number of piperidine rings is 1. The highest BCUT2D eigenvalue weighted by Gasteiger charge is 2.45. The standard InChI is InChI=1S/C22H35N3O3S/c1-6-24(17(2)3)16-22(13-14-22)18-9-11-19(12-10-18)25-15-7-8-20(21(25)26)23(4)29(5,27)28/h9-12,17,20H,6-8,13-16H2,1-5H3. The fourth-order valence-electron chi connectivity index (χ4n) is 4.41. The van der Waals surface area contributed by atoms with E-state index >= 15 is 0 Å². The number of sulfonamides is 1. The Morgan fingerprint density at radius 3 is 2.31 bits per heavy atom. The third-order valence-corrected chi connectivity index (χ3v) is 7.96. The van der Waals surface area contributed by atoms with Crippen LogP contribution in [0.4, 0.5) is 5.69 Å². The summed E-state index contributed by atoms with van der Waals surface area (Å²) in [6, 6.07) is 8.30. The average Bonchev–Trinajstić information content (AvgIpc) is 3.46. The molecule has 6 nitrogen and oxygen atoms in total. The molecule has 1 aliphatic heterocycles. The summed E-state index contributed by atoms with van der Waals surface area (Å²) in [5, 5.41) is 0. The lowest BCUT2D eigenvalue weighted by molar-refractivity contribution is -0.123. The molecule has 1 atom stereocenters. The third kappa shape index (κ3) is 4.67. The minimum atomic E-state index is -3.40. The molecule has 1 heterocycles. The summed E-state index contributed by atoms with van der Waals surface area (Å²) >= 11 is 0. The summed E-state index contributed by atoms with van der Waals surface area (Å²) in [5.41, 5.74) is 2.44. The zero-order valence-electron chi connectivity index (χ0n) is 18.4. The van der Waals surface area contributed by atoms with E-state index in [2.05, 4.69) is 37.8 Å². The average molecular weight is 422 g/mol. The van der Waals surface area contributed by atoms with Gasteiger partial charge in [0.1, 0.15) is 6.04 Å². The van der Waals surface area contributed by atoms with Crippen molar-refractivity contribution in [3.05, 3.63) is 29.8 Å². The van der Waals surface area contributed by atoms with Crippen molar-refractivity contribution in [2.45, 2.75) is 64.0 Å². The van der Waals surface area contributed by atoms with E-state index in [9.17, 15) is 13.2 Å². The Kier molecular flexibility index (Phi) is 6.41. The summed E-state index contributed by atoms with van der Waals surface area (Å²) in [7, 11) is -1.90. The van der Waals surface area contributed by atoms with Crippen molar-refractivity contribution in [3.63, 3.8) is 0 Å². The molecule has 162 valence electrons. The maximum Gasteiger partial charge on any atom is 0.245 e. The van der Waals surface area contributed by atoms with Crippen LogP contribution in [0.2, 0.25) is 0 Å². The highest BCUT2D eigenvalue weighted by Crippen LogP contribution is 2.49. The van der Waals surface area contributed by atoms with Crippen molar-refractivity contribution in [2.75, 3.05) is 37.8 Å². The second-order valence-electron chi connectivity index (χ2n) is 8.91. The number of hydrogen-bond acceptors (Lipinski definition) is 4. The van der Waals surface area contributed by atoms with E-state index in [1.54, 1.807) is 4.90 Å². The van der Waals surface area contributed by atoms with Crippen molar-refractivity contribution in [3.8, 4) is 0 Å². The molecule has 0 spiro atoms. The highest BCUT2D eigenvalue weighted by molar-refractivity contribution is 7.88. The van der Waals surface area contributed by atoms with E-state index in [-0.39, 0.29) is 11.3 Å². The molecule has 2 fully saturated rings. The first-order chi connectivity index (χ1) is 13.6. The third-order valence-electron chi connectivity index (χ3n) is 6.66. The van der Waals surface area contributed by atoms with Crippen molar-refractivity contribution in [1.29, 1.82) is 0 Å². The van der Waals surface area contributed by atoms with E-state index in [1.165, 1.54) is 29.8 Å². The molecule has 2 aliphatic rings. The molecule has 1 amide bonds. The largest absolute Gasteiger partial charge is 0.311 e. The van der Waals surface area contributed by atoms with Crippen LogP contribution < -0.4 is 4.90 Å². The topological polar surface area (TPSA) is 60.9 Å². The van der Waals surface area contributed by atoms with Crippen LogP contribution in [0.15, 0.2) is 24.3 Å². The SMILES string of the molecule is CCN(CC1(c2ccc(N3CCCC(N(C)S(C)(=O)=O)C3=O)cc2)CC1)C(C)C. The lowest BCUT2D eigenvalue weighted by Crippen LogP contribution is -2.52. The van der Waals surface area contributed by atoms with E-state index in [1.807, 2.05) is 12.1 Å². The quantitative estimate of drug-likeness (QED) is 0.648. The van der Waals surface area contributed by atoms with E-state index in [0.717, 1.165) is 31.5 Å². The molecule has 7 heteroatoms. The highest BCUT2D eigenvalue weighted by atomic mass is 32.2. The van der Waals surface area contributed by atoms with Crippen LogP contribution in [0.25, 0.3) is 0 Å². The first-order valence-corrected chi connectivity index (χ1v) is 12.5. The maximum atomic E-state index is 13.0. The van der Waals surface area contributed by atoms with Gasteiger partial charge >= 0.3 is 0 Å². The molecule has 0 aromatic heterocycles. The smallest absolute Gasteiger partial charge is 0.245 e. The minimum Gasteiger partial charge on any atom is -0.311 e. The number of rotatable bonds is 8. The molecule has 1 aromatic rings. The minimum absolute atomic E-state index is 0.130. The van der Waals surface area contributed by atoms with Crippen molar-refractivity contribution < 1.29 is 13.2 Å². The lowest BCUT2D eigenvalue weighted by atomic mass is 9.94. The summed E-state index contributed by atoms with van der Waals surface area (Å²) < 4.78 is 25.0. The molecule has 1 unspecified atom stereocenters. The van der Waals surface area contributed by atoms with Gasteiger partial charge in [-0.1, -0.05) is 19.1 Å². The normalized spacial score (nSPS) is 22.0. The van der Waals surface area contributed by atoms with E-state index in [4.69, 9.17) is 0 Å². The van der Waals surface area contributed by atoms with E-state index in [0.29, 0.717) is 19.0 Å². The Balaban J connectivity index is 1.75. The number of amides is 1. The fourth-order valence-corrected chi connectivity index (χ4v) is 5.07. The molecule has 0 bridgehead atoms. The van der Waals surface area contributed by atoms with Gasteiger partial charge in [-0.3, -0.25) is 4.79 Å². The number of likely N-dealkylation sites (N-methyl/N-ethyl adjacent to an activating group) is 2. The second-order valence-corrected chi connectivity index (χ2v) is 11.0. The first-order valence-electron chi connectivity index (χ1n) is 10.7. The molecular formula is C22H35N3O3S. The molecule has 1 aromatic carbocycles. The molecule has 0 N–H and O–H groups in total. The van der Waals surface area contributed by atoms with Crippen molar-refractivity contribution >= 4 is 21.6 Å². The fraction of sp³-hybridized carbons (Fsp3) is 0.682. The van der Waals surface area contributed by atoms with Crippen LogP contribution in [0.3, 0.4) is 0 Å². The number of carbonyl (C=O) groups is 1. The molecule has 1 saturated heterocycles. The van der Waals surface area contributed by atoms with Gasteiger partial charge in [-0.25, -0.2) is 8.42 Å². The Morgan fingerprint density at radius 1 is 1.21 bits per heavy atom. The summed E-state index contributed by atoms with van der Waals surface area (Å²) in [4.78, 5) is 17.2. The van der Waals surface area contributed by atoms with Crippen LogP contribution in [0.5, 0.6) is 0 Å². The van der Waals surface area contributed by atoms with Crippen LogP contribution >= 0.6 is 0 Å². The van der Waals surface area contributed by atoms with Gasteiger partial charge in [-0.05, 0) is 63.8 Å².